The third-order valence-corrected chi connectivity index (χ3v) is 6.06. The Morgan fingerprint density at radius 2 is 1.92 bits per heavy atom. The molecule has 1 aromatic rings. The van der Waals surface area contributed by atoms with Crippen LogP contribution in [0.15, 0.2) is 29.3 Å². The second-order valence-electron chi connectivity index (χ2n) is 6.46. The molecular formula is C18H28IN3OS. The second-order valence-corrected chi connectivity index (χ2v) is 7.69. The smallest absolute Gasteiger partial charge is 0.191 e. The molecule has 2 fully saturated rings. The molecule has 0 unspecified atom stereocenters. The fraction of sp³-hybridized carbons (Fsp3) is 0.611. The maximum Gasteiger partial charge on any atom is 0.191 e. The average molecular weight is 461 g/mol. The molecule has 134 valence electrons. The Morgan fingerprint density at radius 1 is 1.25 bits per heavy atom. The van der Waals surface area contributed by atoms with Crippen molar-refractivity contribution in [2.75, 3.05) is 38.2 Å². The molecule has 1 aliphatic heterocycles. The highest BCUT2D eigenvalue weighted by Gasteiger charge is 2.37. The Kier molecular flexibility index (Phi) is 7.53. The zero-order valence-corrected chi connectivity index (χ0v) is 17.5. The van der Waals surface area contributed by atoms with Gasteiger partial charge in [0.1, 0.15) is 5.75 Å². The fourth-order valence-electron chi connectivity index (χ4n) is 3.77. The number of nitrogens with two attached hydrogens (primary N) is 1. The van der Waals surface area contributed by atoms with Crippen molar-refractivity contribution in [2.24, 2.45) is 10.7 Å². The lowest BCUT2D eigenvalue weighted by Gasteiger charge is -2.31. The molecule has 2 N–H and O–H groups in total. The minimum Gasteiger partial charge on any atom is -0.496 e. The molecule has 0 aromatic heterocycles. The number of guanidine groups is 1. The number of thioether (sulfide) groups is 1. The number of rotatable bonds is 4. The van der Waals surface area contributed by atoms with E-state index in [0.29, 0.717) is 5.96 Å². The van der Waals surface area contributed by atoms with Crippen LogP contribution < -0.4 is 10.5 Å². The number of hydrogen-bond acceptors (Lipinski definition) is 3. The third kappa shape index (κ3) is 4.31. The Labute approximate surface area is 166 Å². The minimum absolute atomic E-state index is 0. The molecule has 1 aliphatic carbocycles. The first-order valence-corrected chi connectivity index (χ1v) is 9.67. The highest BCUT2D eigenvalue weighted by molar-refractivity contribution is 14.0. The molecule has 2 aliphatic rings. The summed E-state index contributed by atoms with van der Waals surface area (Å²) >= 11 is 1.99. The Bertz CT molecular complexity index is 555. The van der Waals surface area contributed by atoms with Crippen molar-refractivity contribution < 1.29 is 4.74 Å². The van der Waals surface area contributed by atoms with Gasteiger partial charge in [0.05, 0.1) is 13.7 Å². The van der Waals surface area contributed by atoms with Crippen LogP contribution in [0.5, 0.6) is 5.75 Å². The summed E-state index contributed by atoms with van der Waals surface area (Å²) < 4.78 is 5.61. The van der Waals surface area contributed by atoms with Gasteiger partial charge in [-0.1, -0.05) is 31.0 Å². The molecule has 0 amide bonds. The summed E-state index contributed by atoms with van der Waals surface area (Å²) in [6.45, 7) is 2.80. The van der Waals surface area contributed by atoms with Gasteiger partial charge in [0.25, 0.3) is 0 Å². The predicted molar refractivity (Wildman–Crippen MR) is 114 cm³/mol. The van der Waals surface area contributed by atoms with Crippen LogP contribution in [0.3, 0.4) is 0 Å². The van der Waals surface area contributed by atoms with Crippen molar-refractivity contribution in [1.82, 2.24) is 4.90 Å². The summed E-state index contributed by atoms with van der Waals surface area (Å²) in [7, 11) is 1.75. The third-order valence-electron chi connectivity index (χ3n) is 5.12. The molecule has 0 bridgehead atoms. The number of hydrogen-bond donors (Lipinski definition) is 1. The van der Waals surface area contributed by atoms with Gasteiger partial charge in [-0.05, 0) is 18.9 Å². The molecule has 1 aromatic carbocycles. The van der Waals surface area contributed by atoms with Crippen molar-refractivity contribution in [3.05, 3.63) is 29.8 Å². The first-order valence-electron chi connectivity index (χ1n) is 8.51. The van der Waals surface area contributed by atoms with Crippen molar-refractivity contribution >= 4 is 41.7 Å². The van der Waals surface area contributed by atoms with Gasteiger partial charge in [0.15, 0.2) is 5.96 Å². The van der Waals surface area contributed by atoms with Crippen LogP contribution in [0.25, 0.3) is 0 Å². The molecule has 24 heavy (non-hydrogen) atoms. The number of halogens is 1. The highest BCUT2D eigenvalue weighted by Crippen LogP contribution is 2.44. The zero-order valence-electron chi connectivity index (χ0n) is 14.4. The molecule has 0 spiro atoms. The lowest BCUT2D eigenvalue weighted by atomic mass is 9.78. The zero-order chi connectivity index (χ0) is 16.1. The van der Waals surface area contributed by atoms with E-state index >= 15 is 0 Å². The van der Waals surface area contributed by atoms with Gasteiger partial charge >= 0.3 is 0 Å². The molecular weight excluding hydrogens is 433 g/mol. The van der Waals surface area contributed by atoms with Crippen LogP contribution in [-0.4, -0.2) is 49.1 Å². The standard InChI is InChI=1S/C18H27N3OS.HI/c1-22-16-7-3-2-6-15(16)18(8-4-5-9-18)14-20-17(19)21-10-12-23-13-11-21;/h2-3,6-7H,4-5,8-14H2,1H3,(H2,19,20);1H. The number of para-hydroxylation sites is 1. The van der Waals surface area contributed by atoms with Gasteiger partial charge < -0.3 is 15.4 Å². The van der Waals surface area contributed by atoms with Crippen LogP contribution in [0.2, 0.25) is 0 Å². The maximum atomic E-state index is 6.27. The summed E-state index contributed by atoms with van der Waals surface area (Å²) in [6.07, 6.45) is 4.85. The van der Waals surface area contributed by atoms with E-state index in [9.17, 15) is 0 Å². The molecule has 0 radical (unpaired) electrons. The van der Waals surface area contributed by atoms with Gasteiger partial charge in [-0.15, -0.1) is 24.0 Å². The van der Waals surface area contributed by atoms with E-state index in [4.69, 9.17) is 15.5 Å². The first kappa shape index (κ1) is 19.7. The van der Waals surface area contributed by atoms with E-state index in [0.717, 1.165) is 36.9 Å². The van der Waals surface area contributed by atoms with Crippen molar-refractivity contribution in [2.45, 2.75) is 31.1 Å². The lowest BCUT2D eigenvalue weighted by molar-refractivity contribution is 0.376. The Hall–Kier alpha value is -0.630. The van der Waals surface area contributed by atoms with Gasteiger partial charge in [0.2, 0.25) is 0 Å². The fourth-order valence-corrected chi connectivity index (χ4v) is 4.68. The van der Waals surface area contributed by atoms with E-state index in [2.05, 4.69) is 23.1 Å². The molecule has 6 heteroatoms. The van der Waals surface area contributed by atoms with E-state index in [1.54, 1.807) is 7.11 Å². The largest absolute Gasteiger partial charge is 0.496 e. The summed E-state index contributed by atoms with van der Waals surface area (Å²) in [5.41, 5.74) is 7.65. The summed E-state index contributed by atoms with van der Waals surface area (Å²) in [5.74, 6) is 3.99. The van der Waals surface area contributed by atoms with Crippen LogP contribution >= 0.6 is 35.7 Å². The topological polar surface area (TPSA) is 50.9 Å². The number of benzene rings is 1. The molecule has 1 saturated carbocycles. The summed E-state index contributed by atoms with van der Waals surface area (Å²) in [5, 5.41) is 0. The maximum absolute atomic E-state index is 6.27. The van der Waals surface area contributed by atoms with Crippen LogP contribution in [0.1, 0.15) is 31.2 Å². The molecule has 0 atom stereocenters. The number of methoxy groups -OCH3 is 1. The predicted octanol–water partition coefficient (Wildman–Crippen LogP) is 3.49. The Morgan fingerprint density at radius 3 is 2.58 bits per heavy atom. The first-order chi connectivity index (χ1) is 11.2. The quantitative estimate of drug-likeness (QED) is 0.424. The van der Waals surface area contributed by atoms with Crippen LogP contribution in [0, 0.1) is 0 Å². The van der Waals surface area contributed by atoms with Gasteiger partial charge in [-0.3, -0.25) is 4.99 Å². The van der Waals surface area contributed by atoms with Crippen molar-refractivity contribution in [3.8, 4) is 5.75 Å². The number of nitrogens with zero attached hydrogens (tertiary/aromatic N) is 2. The minimum atomic E-state index is 0. The molecule has 1 saturated heterocycles. The lowest BCUT2D eigenvalue weighted by Crippen LogP contribution is -2.43. The summed E-state index contributed by atoms with van der Waals surface area (Å²) in [6, 6.07) is 8.40. The van der Waals surface area contributed by atoms with Crippen LogP contribution in [0.4, 0.5) is 0 Å². The highest BCUT2D eigenvalue weighted by atomic mass is 127. The molecule has 1 heterocycles. The van der Waals surface area contributed by atoms with Gasteiger partial charge in [0, 0.05) is 35.6 Å². The second kappa shape index (κ2) is 9.17. The van der Waals surface area contributed by atoms with Crippen molar-refractivity contribution in [3.63, 3.8) is 0 Å². The van der Waals surface area contributed by atoms with Gasteiger partial charge in [-0.2, -0.15) is 11.8 Å². The van der Waals surface area contributed by atoms with E-state index in [1.807, 2.05) is 17.8 Å². The number of ether oxygens (including phenoxy) is 1. The van der Waals surface area contributed by atoms with Gasteiger partial charge in [-0.25, -0.2) is 0 Å². The number of aliphatic imine (C=N–C) groups is 1. The van der Waals surface area contributed by atoms with Crippen molar-refractivity contribution in [1.29, 1.82) is 0 Å². The SMILES string of the molecule is COc1ccccc1C1(CN=C(N)N2CCSCC2)CCCC1.I. The molecule has 4 nitrogen and oxygen atoms in total. The van der Waals surface area contributed by atoms with E-state index in [1.165, 1.54) is 31.2 Å². The normalized spacial score (nSPS) is 20.5. The summed E-state index contributed by atoms with van der Waals surface area (Å²) in [4.78, 5) is 7.03. The average Bonchev–Trinajstić information content (AvgIpc) is 3.10. The van der Waals surface area contributed by atoms with E-state index < -0.39 is 0 Å². The Balaban J connectivity index is 0.00000208. The monoisotopic (exact) mass is 461 g/mol. The molecule has 3 rings (SSSR count). The van der Waals surface area contributed by atoms with E-state index in [-0.39, 0.29) is 29.4 Å². The van der Waals surface area contributed by atoms with Crippen LogP contribution in [-0.2, 0) is 5.41 Å².